The molecule has 1 N–H and O–H groups in total. The fraction of sp³-hybridized carbons (Fsp3) is 0.208. The van der Waals surface area contributed by atoms with Gasteiger partial charge in [-0.1, -0.05) is 35.9 Å². The maximum Gasteiger partial charge on any atom is 0.324 e. The summed E-state index contributed by atoms with van der Waals surface area (Å²) in [6.45, 7) is 3.13. The molecule has 3 aromatic carbocycles. The summed E-state index contributed by atoms with van der Waals surface area (Å²) in [5, 5.41) is 0.613. The molecule has 1 aliphatic heterocycles. The first kappa shape index (κ1) is 23.1. The van der Waals surface area contributed by atoms with E-state index in [1.54, 1.807) is 47.1 Å². The number of anilines is 2. The van der Waals surface area contributed by atoms with Crippen LogP contribution in [0, 0.1) is 12.7 Å². The molecule has 0 saturated carbocycles. The standard InChI is InChI=1S/C24H23ClFN3O3S/c1-17-9-10-22(15-23(17)26)33(31,32)27-20-7-3-8-21(14-20)29-12-4-11-28(24(29)30)16-18-5-2-6-19(25)13-18/h2-3,5-10,13-15,27H,4,11-12,16H2,1H3. The average molecular weight is 488 g/mol. The number of amides is 2. The zero-order valence-corrected chi connectivity index (χ0v) is 19.5. The van der Waals surface area contributed by atoms with Crippen LogP contribution >= 0.6 is 11.6 Å². The highest BCUT2D eigenvalue weighted by Gasteiger charge is 2.27. The van der Waals surface area contributed by atoms with Crippen molar-refractivity contribution in [3.8, 4) is 0 Å². The topological polar surface area (TPSA) is 69.7 Å². The van der Waals surface area contributed by atoms with Crippen LogP contribution in [0.4, 0.5) is 20.6 Å². The van der Waals surface area contributed by atoms with Gasteiger partial charge in [0.05, 0.1) is 10.6 Å². The van der Waals surface area contributed by atoms with Crippen molar-refractivity contribution in [2.75, 3.05) is 22.7 Å². The van der Waals surface area contributed by atoms with Gasteiger partial charge >= 0.3 is 6.03 Å². The average Bonchev–Trinajstić information content (AvgIpc) is 2.77. The number of aryl methyl sites for hydroxylation is 1. The van der Waals surface area contributed by atoms with E-state index in [2.05, 4.69) is 4.72 Å². The quantitative estimate of drug-likeness (QED) is 0.504. The zero-order valence-electron chi connectivity index (χ0n) is 18.0. The number of carbonyl (C=O) groups excluding carboxylic acids is 1. The monoisotopic (exact) mass is 487 g/mol. The number of nitrogens with one attached hydrogen (secondary N) is 1. The van der Waals surface area contributed by atoms with E-state index in [4.69, 9.17) is 11.6 Å². The number of carbonyl (C=O) groups is 1. The van der Waals surface area contributed by atoms with Crippen LogP contribution in [0.25, 0.3) is 0 Å². The van der Waals surface area contributed by atoms with Gasteiger partial charge in [-0.2, -0.15) is 0 Å². The second-order valence-electron chi connectivity index (χ2n) is 7.91. The van der Waals surface area contributed by atoms with Gasteiger partial charge < -0.3 is 4.90 Å². The maximum absolute atomic E-state index is 13.9. The number of urea groups is 1. The highest BCUT2D eigenvalue weighted by molar-refractivity contribution is 7.92. The summed E-state index contributed by atoms with van der Waals surface area (Å²) in [7, 11) is -3.99. The molecule has 0 atom stereocenters. The van der Waals surface area contributed by atoms with E-state index in [-0.39, 0.29) is 16.6 Å². The maximum atomic E-state index is 13.9. The lowest BCUT2D eigenvalue weighted by atomic mass is 10.1. The van der Waals surface area contributed by atoms with Gasteiger partial charge in [0.2, 0.25) is 0 Å². The first-order chi connectivity index (χ1) is 15.7. The SMILES string of the molecule is Cc1ccc(S(=O)(=O)Nc2cccc(N3CCCN(Cc4cccc(Cl)c4)C3=O)c2)cc1F. The molecular weight excluding hydrogens is 465 g/mol. The summed E-state index contributed by atoms with van der Waals surface area (Å²) in [4.78, 5) is 16.3. The lowest BCUT2D eigenvalue weighted by Crippen LogP contribution is -2.49. The van der Waals surface area contributed by atoms with Gasteiger partial charge in [0.1, 0.15) is 5.82 Å². The van der Waals surface area contributed by atoms with Crippen LogP contribution in [0.5, 0.6) is 0 Å². The summed E-state index contributed by atoms with van der Waals surface area (Å²) in [5.41, 5.74) is 2.16. The summed E-state index contributed by atoms with van der Waals surface area (Å²) in [6.07, 6.45) is 0.769. The number of halogens is 2. The van der Waals surface area contributed by atoms with E-state index in [0.29, 0.717) is 35.9 Å². The molecule has 3 aromatic rings. The largest absolute Gasteiger partial charge is 0.324 e. The molecule has 0 aliphatic carbocycles. The summed E-state index contributed by atoms with van der Waals surface area (Å²) in [6, 6.07) is 17.6. The molecule has 0 unspecified atom stereocenters. The number of hydrogen-bond acceptors (Lipinski definition) is 3. The van der Waals surface area contributed by atoms with Crippen molar-refractivity contribution in [1.29, 1.82) is 0 Å². The van der Waals surface area contributed by atoms with Crippen molar-refractivity contribution in [3.63, 3.8) is 0 Å². The molecule has 0 spiro atoms. The highest BCUT2D eigenvalue weighted by atomic mass is 35.5. The predicted molar refractivity (Wildman–Crippen MR) is 128 cm³/mol. The third kappa shape index (κ3) is 5.29. The fourth-order valence-electron chi connectivity index (χ4n) is 3.72. The van der Waals surface area contributed by atoms with E-state index < -0.39 is 15.8 Å². The zero-order chi connectivity index (χ0) is 23.6. The number of hydrogen-bond donors (Lipinski definition) is 1. The van der Waals surface area contributed by atoms with Gasteiger partial charge in [0.15, 0.2) is 0 Å². The minimum absolute atomic E-state index is 0.165. The van der Waals surface area contributed by atoms with Gasteiger partial charge in [-0.25, -0.2) is 17.6 Å². The Kier molecular flexibility index (Phi) is 6.58. The molecule has 1 saturated heterocycles. The fourth-order valence-corrected chi connectivity index (χ4v) is 4.99. The Morgan fingerprint density at radius 3 is 2.58 bits per heavy atom. The molecule has 0 aromatic heterocycles. The van der Waals surface area contributed by atoms with Gasteiger partial charge in [0.25, 0.3) is 10.0 Å². The first-order valence-corrected chi connectivity index (χ1v) is 12.3. The van der Waals surface area contributed by atoms with Crippen LogP contribution in [-0.2, 0) is 16.6 Å². The molecule has 4 rings (SSSR count). The van der Waals surface area contributed by atoms with Gasteiger partial charge in [0, 0.05) is 30.3 Å². The minimum Gasteiger partial charge on any atom is -0.320 e. The Morgan fingerprint density at radius 2 is 1.82 bits per heavy atom. The number of benzene rings is 3. The molecule has 33 heavy (non-hydrogen) atoms. The number of rotatable bonds is 6. The number of sulfonamides is 1. The predicted octanol–water partition coefficient (Wildman–Crippen LogP) is 5.42. The summed E-state index contributed by atoms with van der Waals surface area (Å²) >= 11 is 6.06. The van der Waals surface area contributed by atoms with Crippen LogP contribution in [-0.4, -0.2) is 32.4 Å². The van der Waals surface area contributed by atoms with E-state index in [9.17, 15) is 17.6 Å². The van der Waals surface area contributed by atoms with Crippen molar-refractivity contribution in [3.05, 3.63) is 88.7 Å². The molecule has 9 heteroatoms. The van der Waals surface area contributed by atoms with Gasteiger partial charge in [-0.15, -0.1) is 0 Å². The Labute approximate surface area is 197 Å². The second-order valence-corrected chi connectivity index (χ2v) is 10.0. The van der Waals surface area contributed by atoms with Crippen molar-refractivity contribution in [2.24, 2.45) is 0 Å². The van der Waals surface area contributed by atoms with Crippen LogP contribution in [0.2, 0.25) is 5.02 Å². The van der Waals surface area contributed by atoms with Gasteiger partial charge in [-0.3, -0.25) is 9.62 Å². The van der Waals surface area contributed by atoms with Crippen molar-refractivity contribution in [2.45, 2.75) is 24.8 Å². The molecule has 1 heterocycles. The molecular formula is C24H23ClFN3O3S. The lowest BCUT2D eigenvalue weighted by molar-refractivity contribution is 0.192. The van der Waals surface area contributed by atoms with Crippen LogP contribution < -0.4 is 9.62 Å². The van der Waals surface area contributed by atoms with E-state index >= 15 is 0 Å². The molecule has 0 radical (unpaired) electrons. The molecule has 6 nitrogen and oxygen atoms in total. The highest BCUT2D eigenvalue weighted by Crippen LogP contribution is 2.26. The van der Waals surface area contributed by atoms with E-state index in [0.717, 1.165) is 18.1 Å². The molecule has 1 aliphatic rings. The minimum atomic E-state index is -3.99. The number of nitrogens with zero attached hydrogens (tertiary/aromatic N) is 2. The third-order valence-corrected chi connectivity index (χ3v) is 7.05. The Morgan fingerprint density at radius 1 is 1.03 bits per heavy atom. The molecule has 1 fully saturated rings. The summed E-state index contributed by atoms with van der Waals surface area (Å²) in [5.74, 6) is -0.592. The van der Waals surface area contributed by atoms with E-state index in [1.165, 1.54) is 12.1 Å². The first-order valence-electron chi connectivity index (χ1n) is 10.4. The second kappa shape index (κ2) is 9.41. The normalized spacial score (nSPS) is 14.5. The molecule has 0 bridgehead atoms. The molecule has 172 valence electrons. The van der Waals surface area contributed by atoms with Gasteiger partial charge in [-0.05, 0) is 66.9 Å². The van der Waals surface area contributed by atoms with Crippen LogP contribution in [0.15, 0.2) is 71.6 Å². The Hall–Kier alpha value is -3.10. The Balaban J connectivity index is 1.53. The lowest BCUT2D eigenvalue weighted by Gasteiger charge is -2.36. The van der Waals surface area contributed by atoms with Crippen LogP contribution in [0.3, 0.4) is 0 Å². The van der Waals surface area contributed by atoms with E-state index in [1.807, 2.05) is 18.2 Å². The third-order valence-electron chi connectivity index (χ3n) is 5.44. The molecule has 2 amide bonds. The Bertz CT molecular complexity index is 1300. The summed E-state index contributed by atoms with van der Waals surface area (Å²) < 4.78 is 41.8. The smallest absolute Gasteiger partial charge is 0.320 e. The van der Waals surface area contributed by atoms with Crippen molar-refractivity contribution in [1.82, 2.24) is 4.90 Å². The van der Waals surface area contributed by atoms with Crippen molar-refractivity contribution < 1.29 is 17.6 Å². The van der Waals surface area contributed by atoms with Crippen LogP contribution in [0.1, 0.15) is 17.5 Å². The van der Waals surface area contributed by atoms with Crippen molar-refractivity contribution >= 4 is 39.0 Å².